The van der Waals surface area contributed by atoms with Gasteiger partial charge in [-0.3, -0.25) is 0 Å². The average molecular weight is 498 g/mol. The number of halogens is 2. The number of carbonyl (C=O) groups excluding carboxylic acids is 1. The van der Waals surface area contributed by atoms with E-state index < -0.39 is 15.8 Å². The molecule has 6 nitrogen and oxygen atoms in total. The predicted molar refractivity (Wildman–Crippen MR) is 117 cm³/mol. The zero-order chi connectivity index (χ0) is 21.7. The van der Waals surface area contributed by atoms with Gasteiger partial charge in [0, 0.05) is 36.7 Å². The second-order valence-electron chi connectivity index (χ2n) is 7.38. The predicted octanol–water partition coefficient (Wildman–Crippen LogP) is 3.63. The average Bonchev–Trinajstić information content (AvgIpc) is 2.97. The lowest BCUT2D eigenvalue weighted by Crippen LogP contribution is -2.46. The normalized spacial score (nSPS) is 16.7. The number of nitrogens with one attached hydrogen (secondary N) is 1. The third-order valence-electron chi connectivity index (χ3n) is 5.02. The van der Waals surface area contributed by atoms with Crippen LogP contribution < -0.4 is 5.32 Å². The van der Waals surface area contributed by atoms with E-state index in [0.717, 1.165) is 22.2 Å². The summed E-state index contributed by atoms with van der Waals surface area (Å²) in [4.78, 5) is 14.4. The van der Waals surface area contributed by atoms with Gasteiger partial charge >= 0.3 is 6.03 Å². The molecule has 0 aromatic heterocycles. The molecule has 1 aliphatic rings. The topological polar surface area (TPSA) is 69.7 Å². The van der Waals surface area contributed by atoms with E-state index in [0.29, 0.717) is 32.5 Å². The number of carbonyl (C=O) groups is 1. The molecule has 0 saturated carbocycles. The maximum absolute atomic E-state index is 13.1. The minimum Gasteiger partial charge on any atom is -0.335 e. The molecule has 1 unspecified atom stereocenters. The summed E-state index contributed by atoms with van der Waals surface area (Å²) in [6.45, 7) is 3.25. The van der Waals surface area contributed by atoms with E-state index in [1.54, 1.807) is 4.90 Å². The molecule has 3 rings (SSSR count). The van der Waals surface area contributed by atoms with Crippen molar-refractivity contribution in [3.05, 3.63) is 64.4 Å². The summed E-state index contributed by atoms with van der Waals surface area (Å²) in [6.07, 6.45) is 1.24. The molecule has 1 fully saturated rings. The summed E-state index contributed by atoms with van der Waals surface area (Å²) < 4.78 is 41.1. The Morgan fingerprint density at radius 1 is 1.07 bits per heavy atom. The van der Waals surface area contributed by atoms with Crippen molar-refractivity contribution in [2.45, 2.75) is 30.7 Å². The Morgan fingerprint density at radius 3 is 2.40 bits per heavy atom. The van der Waals surface area contributed by atoms with Crippen molar-refractivity contribution >= 4 is 32.0 Å². The smallest absolute Gasteiger partial charge is 0.317 e. The van der Waals surface area contributed by atoms with Gasteiger partial charge in [0.15, 0.2) is 0 Å². The highest BCUT2D eigenvalue weighted by molar-refractivity contribution is 9.10. The van der Waals surface area contributed by atoms with E-state index in [-0.39, 0.29) is 23.5 Å². The Morgan fingerprint density at radius 2 is 1.73 bits per heavy atom. The third kappa shape index (κ3) is 5.80. The van der Waals surface area contributed by atoms with E-state index in [1.807, 2.05) is 31.2 Å². The van der Waals surface area contributed by atoms with Crippen molar-refractivity contribution in [2.24, 2.45) is 0 Å². The first-order chi connectivity index (χ1) is 14.3. The number of hydrogen-bond acceptors (Lipinski definition) is 3. The van der Waals surface area contributed by atoms with Crippen LogP contribution in [0, 0.1) is 5.82 Å². The van der Waals surface area contributed by atoms with Gasteiger partial charge in [-0.15, -0.1) is 0 Å². The van der Waals surface area contributed by atoms with Gasteiger partial charge in [0.2, 0.25) is 10.0 Å². The maximum atomic E-state index is 13.1. The van der Waals surface area contributed by atoms with Crippen LogP contribution in [-0.2, 0) is 16.4 Å². The van der Waals surface area contributed by atoms with Gasteiger partial charge in [-0.2, -0.15) is 4.31 Å². The van der Waals surface area contributed by atoms with E-state index in [2.05, 4.69) is 21.2 Å². The first-order valence-electron chi connectivity index (χ1n) is 9.81. The molecule has 2 aromatic rings. The number of urea groups is 1. The third-order valence-corrected chi connectivity index (χ3v) is 7.46. The standard InChI is InChI=1S/C21H25BrFN3O3S/c1-16(15-17-3-5-18(22)6-4-17)24-21(27)25-11-2-12-26(14-13-25)30(28,29)20-9-7-19(23)8-10-20/h3-10,16H,2,11-15H2,1H3,(H,24,27). The van der Waals surface area contributed by atoms with E-state index in [1.165, 1.54) is 16.4 Å². The quantitative estimate of drug-likeness (QED) is 0.685. The summed E-state index contributed by atoms with van der Waals surface area (Å²) in [5.74, 6) is -0.482. The van der Waals surface area contributed by atoms with Crippen LogP contribution in [0.5, 0.6) is 0 Å². The number of rotatable bonds is 5. The molecule has 2 amide bonds. The monoisotopic (exact) mass is 497 g/mol. The Labute approximate surface area is 185 Å². The number of nitrogens with zero attached hydrogens (tertiary/aromatic N) is 2. The van der Waals surface area contributed by atoms with Crippen molar-refractivity contribution in [3.63, 3.8) is 0 Å². The van der Waals surface area contributed by atoms with Crippen molar-refractivity contribution in [1.29, 1.82) is 0 Å². The van der Waals surface area contributed by atoms with Crippen molar-refractivity contribution < 1.29 is 17.6 Å². The zero-order valence-corrected chi connectivity index (χ0v) is 19.1. The molecule has 2 aromatic carbocycles. The molecular weight excluding hydrogens is 473 g/mol. The highest BCUT2D eigenvalue weighted by Crippen LogP contribution is 2.18. The second kappa shape index (κ2) is 9.89. The van der Waals surface area contributed by atoms with Gasteiger partial charge < -0.3 is 10.2 Å². The summed E-state index contributed by atoms with van der Waals surface area (Å²) in [5.41, 5.74) is 1.12. The molecule has 0 bridgehead atoms. The molecule has 1 saturated heterocycles. The molecule has 162 valence electrons. The van der Waals surface area contributed by atoms with Crippen LogP contribution in [0.25, 0.3) is 0 Å². The van der Waals surface area contributed by atoms with Gasteiger partial charge in [0.1, 0.15) is 5.82 Å². The highest BCUT2D eigenvalue weighted by Gasteiger charge is 2.28. The summed E-state index contributed by atoms with van der Waals surface area (Å²) in [6, 6.07) is 12.5. The Hall–Kier alpha value is -1.97. The van der Waals surface area contributed by atoms with Gasteiger partial charge in [0.05, 0.1) is 4.90 Å². The van der Waals surface area contributed by atoms with Gasteiger partial charge in [0.25, 0.3) is 0 Å². The van der Waals surface area contributed by atoms with Gasteiger partial charge in [-0.05, 0) is 61.7 Å². The Bertz CT molecular complexity index is 968. The lowest BCUT2D eigenvalue weighted by molar-refractivity contribution is 0.197. The van der Waals surface area contributed by atoms with Crippen molar-refractivity contribution in [2.75, 3.05) is 26.2 Å². The van der Waals surface area contributed by atoms with Crippen LogP contribution >= 0.6 is 15.9 Å². The van der Waals surface area contributed by atoms with Crippen LogP contribution in [-0.4, -0.2) is 55.9 Å². The summed E-state index contributed by atoms with van der Waals surface area (Å²) >= 11 is 3.41. The van der Waals surface area contributed by atoms with Crippen molar-refractivity contribution in [1.82, 2.24) is 14.5 Å². The number of hydrogen-bond donors (Lipinski definition) is 1. The fraction of sp³-hybridized carbons (Fsp3) is 0.381. The first-order valence-corrected chi connectivity index (χ1v) is 12.0. The highest BCUT2D eigenvalue weighted by atomic mass is 79.9. The van der Waals surface area contributed by atoms with Crippen LogP contribution in [0.3, 0.4) is 0 Å². The molecule has 1 aliphatic heterocycles. The minimum atomic E-state index is -3.71. The fourth-order valence-electron chi connectivity index (χ4n) is 3.42. The Balaban J connectivity index is 1.56. The van der Waals surface area contributed by atoms with E-state index in [4.69, 9.17) is 0 Å². The largest absolute Gasteiger partial charge is 0.335 e. The molecule has 1 heterocycles. The summed E-state index contributed by atoms with van der Waals surface area (Å²) in [7, 11) is -3.71. The maximum Gasteiger partial charge on any atom is 0.317 e. The molecule has 0 radical (unpaired) electrons. The molecule has 1 N–H and O–H groups in total. The molecule has 0 aliphatic carbocycles. The van der Waals surface area contributed by atoms with Crippen molar-refractivity contribution in [3.8, 4) is 0 Å². The summed E-state index contributed by atoms with van der Waals surface area (Å²) in [5, 5.41) is 3.00. The number of sulfonamides is 1. The van der Waals surface area contributed by atoms with Crippen LogP contribution in [0.4, 0.5) is 9.18 Å². The molecule has 0 spiro atoms. The van der Waals surface area contributed by atoms with Gasteiger partial charge in [-0.25, -0.2) is 17.6 Å². The SMILES string of the molecule is CC(Cc1ccc(Br)cc1)NC(=O)N1CCCN(S(=O)(=O)c2ccc(F)cc2)CC1. The lowest BCUT2D eigenvalue weighted by atomic mass is 10.1. The van der Waals surface area contributed by atoms with Crippen LogP contribution in [0.2, 0.25) is 0 Å². The number of amides is 2. The second-order valence-corrected chi connectivity index (χ2v) is 10.2. The van der Waals surface area contributed by atoms with E-state index >= 15 is 0 Å². The van der Waals surface area contributed by atoms with E-state index in [9.17, 15) is 17.6 Å². The molecular formula is C21H25BrFN3O3S. The minimum absolute atomic E-state index is 0.0546. The van der Waals surface area contributed by atoms with Crippen LogP contribution in [0.15, 0.2) is 57.9 Å². The first kappa shape index (κ1) is 22.7. The molecule has 30 heavy (non-hydrogen) atoms. The fourth-order valence-corrected chi connectivity index (χ4v) is 5.15. The molecule has 9 heteroatoms. The van der Waals surface area contributed by atoms with Crippen LogP contribution in [0.1, 0.15) is 18.9 Å². The zero-order valence-electron chi connectivity index (χ0n) is 16.7. The van der Waals surface area contributed by atoms with Gasteiger partial charge in [-0.1, -0.05) is 28.1 Å². The lowest BCUT2D eigenvalue weighted by Gasteiger charge is -2.24. The number of benzene rings is 2. The molecule has 1 atom stereocenters. The Kier molecular flexibility index (Phi) is 7.49.